The van der Waals surface area contributed by atoms with E-state index < -0.39 is 17.4 Å². The molecule has 2 aromatic rings. The van der Waals surface area contributed by atoms with Crippen LogP contribution in [0.25, 0.3) is 5.69 Å². The summed E-state index contributed by atoms with van der Waals surface area (Å²) in [5.74, 6) is -1.95. The first-order valence-corrected chi connectivity index (χ1v) is 7.87. The summed E-state index contributed by atoms with van der Waals surface area (Å²) in [6.07, 6.45) is 1.79. The Balaban J connectivity index is 1.85. The second kappa shape index (κ2) is 6.64. The van der Waals surface area contributed by atoms with Crippen molar-refractivity contribution in [2.45, 2.75) is 25.3 Å². The van der Waals surface area contributed by atoms with Crippen molar-refractivity contribution < 1.29 is 23.8 Å². The van der Waals surface area contributed by atoms with Crippen LogP contribution >= 0.6 is 0 Å². The number of nitrogens with zero attached hydrogens (tertiary/aromatic N) is 2. The number of carbonyl (C=O) groups excluding carboxylic acids is 1. The smallest absolute Gasteiger partial charge is 0.329 e. The number of carboxylic acid groups (broad SMARTS) is 1. The molecule has 132 valence electrons. The van der Waals surface area contributed by atoms with Crippen LogP contribution in [-0.4, -0.2) is 45.5 Å². The molecule has 0 atom stereocenters. The Kier molecular flexibility index (Phi) is 4.54. The summed E-state index contributed by atoms with van der Waals surface area (Å²) >= 11 is 0. The van der Waals surface area contributed by atoms with Gasteiger partial charge in [0, 0.05) is 26.1 Å². The molecule has 1 aromatic heterocycles. The minimum absolute atomic E-state index is 0.208. The lowest BCUT2D eigenvalue weighted by molar-refractivity contribution is -0.148. The number of amides is 1. The molecule has 1 fully saturated rings. The van der Waals surface area contributed by atoms with E-state index in [0.717, 1.165) is 0 Å². The lowest BCUT2D eigenvalue weighted by Gasteiger charge is -2.33. The molecule has 0 spiro atoms. The van der Waals surface area contributed by atoms with Crippen LogP contribution < -0.4 is 5.32 Å². The summed E-state index contributed by atoms with van der Waals surface area (Å²) in [4.78, 5) is 24.3. The van der Waals surface area contributed by atoms with Gasteiger partial charge in [0.05, 0.1) is 23.1 Å². The highest BCUT2D eigenvalue weighted by Crippen LogP contribution is 2.23. The van der Waals surface area contributed by atoms with Gasteiger partial charge in [-0.3, -0.25) is 4.79 Å². The molecule has 7 nitrogen and oxygen atoms in total. The molecule has 25 heavy (non-hydrogen) atoms. The summed E-state index contributed by atoms with van der Waals surface area (Å²) in [7, 11) is 0. The Morgan fingerprint density at radius 2 is 1.92 bits per heavy atom. The van der Waals surface area contributed by atoms with Crippen molar-refractivity contribution in [1.82, 2.24) is 15.1 Å². The molecule has 1 aliphatic heterocycles. The van der Waals surface area contributed by atoms with Crippen LogP contribution in [0.4, 0.5) is 4.39 Å². The van der Waals surface area contributed by atoms with Crippen LogP contribution in [-0.2, 0) is 9.53 Å². The molecule has 1 saturated heterocycles. The first kappa shape index (κ1) is 17.1. The first-order chi connectivity index (χ1) is 11.9. The number of nitrogens with one attached hydrogen (secondary N) is 1. The van der Waals surface area contributed by atoms with Crippen LogP contribution in [0.3, 0.4) is 0 Å². The summed E-state index contributed by atoms with van der Waals surface area (Å²) < 4.78 is 19.8. The van der Waals surface area contributed by atoms with Gasteiger partial charge >= 0.3 is 5.97 Å². The number of aliphatic carboxylic acids is 1. The van der Waals surface area contributed by atoms with Crippen LogP contribution in [0.5, 0.6) is 0 Å². The van der Waals surface area contributed by atoms with Crippen molar-refractivity contribution in [2.75, 3.05) is 13.2 Å². The van der Waals surface area contributed by atoms with Crippen LogP contribution in [0.15, 0.2) is 30.5 Å². The Labute approximate surface area is 143 Å². The fraction of sp³-hybridized carbons (Fsp3) is 0.353. The van der Waals surface area contributed by atoms with Crippen molar-refractivity contribution in [1.29, 1.82) is 0 Å². The largest absolute Gasteiger partial charge is 0.480 e. The van der Waals surface area contributed by atoms with Crippen LogP contribution in [0.2, 0.25) is 0 Å². The highest BCUT2D eigenvalue weighted by molar-refractivity contribution is 5.98. The molecule has 8 heteroatoms. The normalized spacial score (nSPS) is 16.4. The van der Waals surface area contributed by atoms with Gasteiger partial charge in [0.2, 0.25) is 0 Å². The van der Waals surface area contributed by atoms with E-state index in [-0.39, 0.29) is 37.4 Å². The summed E-state index contributed by atoms with van der Waals surface area (Å²) in [5.41, 5.74) is 0.0878. The zero-order chi connectivity index (χ0) is 18.0. The second-order valence-electron chi connectivity index (χ2n) is 5.99. The molecule has 1 aromatic carbocycles. The summed E-state index contributed by atoms with van der Waals surface area (Å²) in [6.45, 7) is 2.25. The van der Waals surface area contributed by atoms with E-state index in [0.29, 0.717) is 11.4 Å². The number of carboxylic acids is 1. The number of ether oxygens (including phenoxy) is 1. The standard InChI is InChI=1S/C17H18FN3O4/c1-11-14(10-19-21(11)13-4-2-12(18)3-5-13)15(22)20-17(16(23)24)6-8-25-9-7-17/h2-5,10H,6-9H2,1H3,(H,20,22)(H,23,24). The molecule has 0 saturated carbocycles. The Hall–Kier alpha value is -2.74. The lowest BCUT2D eigenvalue weighted by atomic mass is 9.89. The van der Waals surface area contributed by atoms with Gasteiger partial charge in [-0.1, -0.05) is 0 Å². The van der Waals surface area contributed by atoms with Gasteiger partial charge in [0.15, 0.2) is 0 Å². The molecular weight excluding hydrogens is 329 g/mol. The predicted octanol–water partition coefficient (Wildman–Crippen LogP) is 1.68. The Bertz CT molecular complexity index is 795. The van der Waals surface area contributed by atoms with E-state index in [2.05, 4.69) is 10.4 Å². The maximum Gasteiger partial charge on any atom is 0.329 e. The van der Waals surface area contributed by atoms with Gasteiger partial charge in [0.25, 0.3) is 5.91 Å². The topological polar surface area (TPSA) is 93.5 Å². The number of benzene rings is 1. The van der Waals surface area contributed by atoms with Crippen molar-refractivity contribution in [2.24, 2.45) is 0 Å². The van der Waals surface area contributed by atoms with E-state index >= 15 is 0 Å². The molecule has 0 aliphatic carbocycles. The zero-order valence-electron chi connectivity index (χ0n) is 13.7. The predicted molar refractivity (Wildman–Crippen MR) is 86.1 cm³/mol. The molecule has 2 N–H and O–H groups in total. The van der Waals surface area contributed by atoms with E-state index in [4.69, 9.17) is 4.74 Å². The molecule has 0 bridgehead atoms. The number of halogens is 1. The summed E-state index contributed by atoms with van der Waals surface area (Å²) in [6, 6.07) is 5.71. The minimum atomic E-state index is -1.33. The molecule has 3 rings (SSSR count). The fourth-order valence-corrected chi connectivity index (χ4v) is 2.87. The number of hydrogen-bond acceptors (Lipinski definition) is 4. The lowest BCUT2D eigenvalue weighted by Crippen LogP contribution is -2.57. The highest BCUT2D eigenvalue weighted by Gasteiger charge is 2.42. The van der Waals surface area contributed by atoms with Crippen molar-refractivity contribution in [3.63, 3.8) is 0 Å². The van der Waals surface area contributed by atoms with Gasteiger partial charge in [-0.05, 0) is 31.2 Å². The van der Waals surface area contributed by atoms with Gasteiger partial charge in [0.1, 0.15) is 11.4 Å². The molecular formula is C17H18FN3O4. The molecule has 0 unspecified atom stereocenters. The van der Waals surface area contributed by atoms with Crippen LogP contribution in [0.1, 0.15) is 28.9 Å². The average molecular weight is 347 g/mol. The average Bonchev–Trinajstić information content (AvgIpc) is 2.98. The first-order valence-electron chi connectivity index (χ1n) is 7.87. The fourth-order valence-electron chi connectivity index (χ4n) is 2.87. The van der Waals surface area contributed by atoms with Crippen molar-refractivity contribution in [3.8, 4) is 5.69 Å². The highest BCUT2D eigenvalue weighted by atomic mass is 19.1. The van der Waals surface area contributed by atoms with Gasteiger partial charge in [-0.15, -0.1) is 0 Å². The SMILES string of the molecule is Cc1c(C(=O)NC2(C(=O)O)CCOCC2)cnn1-c1ccc(F)cc1. The van der Waals surface area contributed by atoms with Gasteiger partial charge in [-0.2, -0.15) is 5.10 Å². The van der Waals surface area contributed by atoms with E-state index in [9.17, 15) is 19.1 Å². The van der Waals surface area contributed by atoms with E-state index in [1.807, 2.05) is 0 Å². The third kappa shape index (κ3) is 3.25. The maximum atomic E-state index is 13.1. The minimum Gasteiger partial charge on any atom is -0.480 e. The number of aromatic nitrogens is 2. The third-order valence-corrected chi connectivity index (χ3v) is 4.43. The quantitative estimate of drug-likeness (QED) is 0.878. The molecule has 1 amide bonds. The van der Waals surface area contributed by atoms with Crippen LogP contribution in [0, 0.1) is 12.7 Å². The molecule has 0 radical (unpaired) electrons. The number of hydrogen-bond donors (Lipinski definition) is 2. The third-order valence-electron chi connectivity index (χ3n) is 4.43. The summed E-state index contributed by atoms with van der Waals surface area (Å²) in [5, 5.41) is 16.3. The Morgan fingerprint density at radius 1 is 1.28 bits per heavy atom. The van der Waals surface area contributed by atoms with E-state index in [1.54, 1.807) is 19.1 Å². The van der Waals surface area contributed by atoms with E-state index in [1.165, 1.54) is 23.0 Å². The second-order valence-corrected chi connectivity index (χ2v) is 5.99. The Morgan fingerprint density at radius 3 is 2.52 bits per heavy atom. The van der Waals surface area contributed by atoms with Crippen molar-refractivity contribution in [3.05, 3.63) is 47.5 Å². The number of rotatable bonds is 4. The van der Waals surface area contributed by atoms with Gasteiger partial charge in [-0.25, -0.2) is 13.9 Å². The van der Waals surface area contributed by atoms with Gasteiger partial charge < -0.3 is 15.2 Å². The molecule has 1 aliphatic rings. The monoisotopic (exact) mass is 347 g/mol. The number of carbonyl (C=O) groups is 2. The van der Waals surface area contributed by atoms with Crippen molar-refractivity contribution >= 4 is 11.9 Å². The molecule has 2 heterocycles. The zero-order valence-corrected chi connectivity index (χ0v) is 13.7. The maximum absolute atomic E-state index is 13.1.